The third kappa shape index (κ3) is 9.14. The van der Waals surface area contributed by atoms with Gasteiger partial charge in [-0.15, -0.1) is 0 Å². The number of hydrogen-bond donors (Lipinski definition) is 0. The molecule has 1 fully saturated rings. The molecule has 0 atom stereocenters. The van der Waals surface area contributed by atoms with Crippen molar-refractivity contribution in [1.82, 2.24) is 0 Å². The maximum absolute atomic E-state index is 13.1. The molecule has 4 aromatic rings. The van der Waals surface area contributed by atoms with Crippen LogP contribution in [0.5, 0.6) is 23.0 Å². The topological polar surface area (TPSA) is 124 Å². The van der Waals surface area contributed by atoms with E-state index in [-0.39, 0.29) is 19.0 Å². The van der Waals surface area contributed by atoms with Crippen molar-refractivity contribution in [1.29, 1.82) is 0 Å². The maximum atomic E-state index is 13.1. The van der Waals surface area contributed by atoms with Gasteiger partial charge in [-0.05, 0) is 110 Å². The van der Waals surface area contributed by atoms with Crippen LogP contribution in [-0.4, -0.2) is 37.5 Å². The molecule has 10 heteroatoms. The summed E-state index contributed by atoms with van der Waals surface area (Å²) in [7, 11) is 0. The highest BCUT2D eigenvalue weighted by atomic mass is 16.7. The molecule has 0 unspecified atom stereocenters. The number of ether oxygens (including phenoxy) is 6. The molecule has 0 spiro atoms. The van der Waals surface area contributed by atoms with Crippen molar-refractivity contribution in [2.75, 3.05) is 13.6 Å². The van der Waals surface area contributed by atoms with Gasteiger partial charge in [-0.3, -0.25) is 0 Å². The number of carbonyl (C=O) groups is 4. The second-order valence-corrected chi connectivity index (χ2v) is 12.3. The predicted molar refractivity (Wildman–Crippen MR) is 193 cm³/mol. The van der Waals surface area contributed by atoms with Crippen molar-refractivity contribution in [3.05, 3.63) is 144 Å². The summed E-state index contributed by atoms with van der Waals surface area (Å²) in [5.41, 5.74) is 4.04. The van der Waals surface area contributed by atoms with E-state index in [1.165, 1.54) is 0 Å². The molecule has 0 bridgehead atoms. The van der Waals surface area contributed by atoms with Gasteiger partial charge in [-0.25, -0.2) is 19.2 Å². The number of aryl methyl sites for hydroxylation is 2. The molecule has 52 heavy (non-hydrogen) atoms. The highest BCUT2D eigenvalue weighted by Crippen LogP contribution is 2.45. The van der Waals surface area contributed by atoms with Gasteiger partial charge in [0.1, 0.15) is 23.0 Å². The molecule has 1 aliphatic rings. The summed E-state index contributed by atoms with van der Waals surface area (Å²) in [5.74, 6) is -0.463. The molecule has 0 N–H and O–H groups in total. The number of benzene rings is 4. The number of esters is 4. The number of rotatable bonds is 14. The fourth-order valence-corrected chi connectivity index (χ4v) is 6.25. The Morgan fingerprint density at radius 1 is 0.577 bits per heavy atom. The van der Waals surface area contributed by atoms with E-state index in [4.69, 9.17) is 28.4 Å². The van der Waals surface area contributed by atoms with Crippen LogP contribution in [0.25, 0.3) is 0 Å². The Kier molecular flexibility index (Phi) is 12.3. The van der Waals surface area contributed by atoms with Gasteiger partial charge in [-0.1, -0.05) is 56.7 Å². The summed E-state index contributed by atoms with van der Waals surface area (Å²) < 4.78 is 31.9. The minimum Gasteiger partial charge on any atom is -0.457 e. The van der Waals surface area contributed by atoms with Crippen LogP contribution in [0.15, 0.2) is 110 Å². The molecular formula is C42H40O10. The largest absolute Gasteiger partial charge is 0.457 e. The summed E-state index contributed by atoms with van der Waals surface area (Å²) in [4.78, 5) is 48.5. The van der Waals surface area contributed by atoms with Gasteiger partial charge >= 0.3 is 23.9 Å². The van der Waals surface area contributed by atoms with E-state index < -0.39 is 23.9 Å². The Balaban J connectivity index is 1.23. The summed E-state index contributed by atoms with van der Waals surface area (Å²) in [6, 6.07) is 25.1. The van der Waals surface area contributed by atoms with Crippen LogP contribution in [-0.2, 0) is 24.5 Å². The van der Waals surface area contributed by atoms with Crippen molar-refractivity contribution in [2.24, 2.45) is 0 Å². The minimum atomic E-state index is -0.593. The second kappa shape index (κ2) is 17.2. The average molecular weight is 705 g/mol. The van der Waals surface area contributed by atoms with Crippen LogP contribution >= 0.6 is 0 Å². The van der Waals surface area contributed by atoms with Crippen LogP contribution < -0.4 is 18.9 Å². The lowest BCUT2D eigenvalue weighted by atomic mass is 9.65. The van der Waals surface area contributed by atoms with E-state index >= 15 is 0 Å². The fourth-order valence-electron chi connectivity index (χ4n) is 6.25. The smallest absolute Gasteiger partial charge is 0.343 e. The van der Waals surface area contributed by atoms with Gasteiger partial charge in [0.15, 0.2) is 0 Å². The van der Waals surface area contributed by atoms with E-state index in [1.54, 1.807) is 50.2 Å². The molecule has 1 aliphatic carbocycles. The lowest BCUT2D eigenvalue weighted by Gasteiger charge is -2.38. The van der Waals surface area contributed by atoms with Crippen molar-refractivity contribution < 1.29 is 47.6 Å². The Labute approximate surface area is 302 Å². The molecule has 0 heterocycles. The summed E-state index contributed by atoms with van der Waals surface area (Å²) in [5, 5.41) is 0. The first-order valence-corrected chi connectivity index (χ1v) is 16.8. The molecule has 0 amide bonds. The van der Waals surface area contributed by atoms with Crippen LogP contribution in [0.4, 0.5) is 0 Å². The zero-order chi connectivity index (χ0) is 37.1. The minimum absolute atomic E-state index is 0.248. The molecule has 4 aromatic carbocycles. The molecule has 0 aromatic heterocycles. The normalized spacial score (nSPS) is 13.2. The molecule has 0 radical (unpaired) electrons. The van der Waals surface area contributed by atoms with Crippen LogP contribution in [0.1, 0.15) is 75.1 Å². The summed E-state index contributed by atoms with van der Waals surface area (Å²) in [6.45, 7) is 9.67. The average Bonchev–Trinajstić information content (AvgIpc) is 3.15. The van der Waals surface area contributed by atoms with Crippen LogP contribution in [0.3, 0.4) is 0 Å². The lowest BCUT2D eigenvalue weighted by molar-refractivity contribution is -0.145. The zero-order valence-electron chi connectivity index (χ0n) is 29.2. The van der Waals surface area contributed by atoms with Gasteiger partial charge in [-0.2, -0.15) is 0 Å². The van der Waals surface area contributed by atoms with E-state index in [0.29, 0.717) is 45.3 Å². The van der Waals surface area contributed by atoms with Gasteiger partial charge < -0.3 is 28.4 Å². The maximum Gasteiger partial charge on any atom is 0.343 e. The highest BCUT2D eigenvalue weighted by Gasteiger charge is 2.36. The summed E-state index contributed by atoms with van der Waals surface area (Å²) >= 11 is 0. The quantitative estimate of drug-likeness (QED) is 0.0550. The molecular weight excluding hydrogens is 664 g/mol. The highest BCUT2D eigenvalue weighted by molar-refractivity contribution is 5.93. The molecule has 10 nitrogen and oxygen atoms in total. The monoisotopic (exact) mass is 704 g/mol. The van der Waals surface area contributed by atoms with Crippen LogP contribution in [0.2, 0.25) is 0 Å². The van der Waals surface area contributed by atoms with Crippen molar-refractivity contribution >= 4 is 23.9 Å². The molecule has 1 saturated carbocycles. The number of carbonyl (C=O) groups excluding carboxylic acids is 4. The number of hydrogen-bond acceptors (Lipinski definition) is 10. The molecule has 0 saturated heterocycles. The lowest BCUT2D eigenvalue weighted by Crippen LogP contribution is -2.30. The standard InChI is InChI=1S/C42H40O10/c1-5-38(43)49-26-47-34-18-20-36(28(3)24-34)40(45)51-32-14-10-30(11-15-32)42(22-8-7-9-23-42)31-12-16-33(17-13-31)52-41(46)37-21-19-35(25-29(37)4)48-27-50-39(44)6-2/h5-6,10-21,24-25H,1-2,7-9,22-23,26-27H2,3-4H3. The Hall–Kier alpha value is -6.16. The van der Waals surface area contributed by atoms with Crippen molar-refractivity contribution in [3.63, 3.8) is 0 Å². The van der Waals surface area contributed by atoms with Crippen LogP contribution in [0, 0.1) is 13.8 Å². The Bertz CT molecular complexity index is 1800. The van der Waals surface area contributed by atoms with Gasteiger partial charge in [0.2, 0.25) is 13.6 Å². The first-order valence-electron chi connectivity index (χ1n) is 16.8. The summed E-state index contributed by atoms with van der Waals surface area (Å²) in [6.07, 6.45) is 7.29. The Morgan fingerprint density at radius 3 is 1.33 bits per heavy atom. The first kappa shape index (κ1) is 37.1. The zero-order valence-corrected chi connectivity index (χ0v) is 29.2. The van der Waals surface area contributed by atoms with Crippen molar-refractivity contribution in [3.8, 4) is 23.0 Å². The first-order chi connectivity index (χ1) is 25.1. The van der Waals surface area contributed by atoms with E-state index in [1.807, 2.05) is 48.5 Å². The van der Waals surface area contributed by atoms with Gasteiger partial charge in [0.25, 0.3) is 0 Å². The van der Waals surface area contributed by atoms with Gasteiger partial charge in [0.05, 0.1) is 11.1 Å². The predicted octanol–water partition coefficient (Wildman–Crippen LogP) is 8.12. The third-order valence-electron chi connectivity index (χ3n) is 8.96. The van der Waals surface area contributed by atoms with E-state index in [9.17, 15) is 19.2 Å². The third-order valence-corrected chi connectivity index (χ3v) is 8.96. The van der Waals surface area contributed by atoms with Crippen molar-refractivity contribution in [2.45, 2.75) is 51.4 Å². The van der Waals surface area contributed by atoms with Gasteiger partial charge in [0, 0.05) is 17.6 Å². The molecule has 0 aliphatic heterocycles. The van der Waals surface area contributed by atoms with E-state index in [2.05, 4.69) is 13.2 Å². The van der Waals surface area contributed by atoms with E-state index in [0.717, 1.165) is 55.4 Å². The SMILES string of the molecule is C=CC(=O)OCOc1ccc(C(=O)Oc2ccc(C3(c4ccc(OC(=O)c5ccc(OCOC(=O)C=C)cc5C)cc4)CCCCC3)cc2)c(C)c1. The fraction of sp³-hybridized carbons (Fsp3) is 0.238. The second-order valence-electron chi connectivity index (χ2n) is 12.3. The molecule has 5 rings (SSSR count). The Morgan fingerprint density at radius 2 is 0.962 bits per heavy atom. The molecule has 268 valence electrons.